The quantitative estimate of drug-likeness (QED) is 0.544. The number of carbonyl (C=O) groups excluding carboxylic acids is 1. The maximum Gasteiger partial charge on any atom is 0.269 e. The summed E-state index contributed by atoms with van der Waals surface area (Å²) < 4.78 is 0. The van der Waals surface area contributed by atoms with Gasteiger partial charge in [0.2, 0.25) is 5.91 Å². The van der Waals surface area contributed by atoms with Crippen molar-refractivity contribution >= 4 is 28.8 Å². The van der Waals surface area contributed by atoms with E-state index in [0.717, 1.165) is 6.42 Å². The number of amides is 1. The second-order valence-electron chi connectivity index (χ2n) is 6.89. The first-order chi connectivity index (χ1) is 13.4. The molecule has 2 aromatic carbocycles. The molecule has 0 fully saturated rings. The smallest absolute Gasteiger partial charge is 0.269 e. The molecule has 1 aliphatic rings. The molecule has 0 N–H and O–H groups in total. The molecule has 0 saturated heterocycles. The third-order valence-corrected chi connectivity index (χ3v) is 5.16. The van der Waals surface area contributed by atoms with Gasteiger partial charge in [0.1, 0.15) is 0 Å². The number of hydrogen-bond donors (Lipinski definition) is 0. The van der Waals surface area contributed by atoms with E-state index in [4.69, 9.17) is 11.6 Å². The summed E-state index contributed by atoms with van der Waals surface area (Å²) in [6.07, 6.45) is 2.93. The topological polar surface area (TPSA) is 66.7 Å². The summed E-state index contributed by atoms with van der Waals surface area (Å²) in [5.41, 5.74) is 3.10. The summed E-state index contributed by atoms with van der Waals surface area (Å²) in [5.74, 6) is 0.0346. The zero-order valence-corrected chi connectivity index (χ0v) is 16.4. The number of rotatable bonds is 6. The summed E-state index contributed by atoms with van der Waals surface area (Å²) in [6, 6.07) is 14.5. The molecule has 0 bridgehead atoms. The molecule has 146 valence electrons. The number of nitrogens with zero attached hydrogens (tertiary/aromatic N) is 3. The van der Waals surface area contributed by atoms with Gasteiger partial charge in [0, 0.05) is 36.8 Å². The molecule has 7 heteroatoms. The van der Waals surface area contributed by atoms with E-state index in [1.54, 1.807) is 0 Å². The number of likely N-dealkylation sites (N-methyl/N-ethyl adjacent to an activating group) is 1. The largest absolute Gasteiger partial charge is 0.338 e. The van der Waals surface area contributed by atoms with Crippen molar-refractivity contribution in [1.29, 1.82) is 0 Å². The van der Waals surface area contributed by atoms with Gasteiger partial charge in [-0.15, -0.1) is 0 Å². The Balaban J connectivity index is 1.57. The second-order valence-corrected chi connectivity index (χ2v) is 7.30. The number of nitro benzene ring substituents is 1. The number of non-ortho nitro benzene ring substituents is 1. The van der Waals surface area contributed by atoms with Crippen molar-refractivity contribution in [3.8, 4) is 0 Å². The summed E-state index contributed by atoms with van der Waals surface area (Å²) in [5, 5.41) is 11.4. The minimum Gasteiger partial charge on any atom is -0.338 e. The zero-order chi connectivity index (χ0) is 20.1. The van der Waals surface area contributed by atoms with Crippen molar-refractivity contribution in [2.75, 3.05) is 26.7 Å². The van der Waals surface area contributed by atoms with Crippen LogP contribution in [0.4, 0.5) is 5.69 Å². The highest BCUT2D eigenvalue weighted by molar-refractivity contribution is 6.31. The Morgan fingerprint density at radius 2 is 2.00 bits per heavy atom. The van der Waals surface area contributed by atoms with Crippen molar-refractivity contribution in [3.63, 3.8) is 0 Å². The van der Waals surface area contributed by atoms with E-state index in [1.165, 1.54) is 29.3 Å². The van der Waals surface area contributed by atoms with Crippen LogP contribution in [0.5, 0.6) is 0 Å². The SMILES string of the molecule is CN(CC(=O)N1CC=C(c2ccccc2)CC1)Cc1cc([N+](=O)[O-])ccc1Cl. The maximum atomic E-state index is 12.6. The number of nitro groups is 1. The molecule has 0 radical (unpaired) electrons. The van der Waals surface area contributed by atoms with Crippen molar-refractivity contribution in [1.82, 2.24) is 9.80 Å². The molecule has 1 aliphatic heterocycles. The molecule has 2 aromatic rings. The van der Waals surface area contributed by atoms with Crippen LogP contribution >= 0.6 is 11.6 Å². The molecular formula is C21H22ClN3O3. The van der Waals surface area contributed by atoms with Crippen LogP contribution in [0, 0.1) is 10.1 Å². The van der Waals surface area contributed by atoms with Crippen molar-refractivity contribution in [2.24, 2.45) is 0 Å². The summed E-state index contributed by atoms with van der Waals surface area (Å²) in [7, 11) is 1.81. The molecule has 0 spiro atoms. The van der Waals surface area contributed by atoms with E-state index < -0.39 is 4.92 Å². The fourth-order valence-corrected chi connectivity index (χ4v) is 3.46. The van der Waals surface area contributed by atoms with Gasteiger partial charge in [-0.2, -0.15) is 0 Å². The molecule has 0 unspecified atom stereocenters. The van der Waals surface area contributed by atoms with Crippen molar-refractivity contribution < 1.29 is 9.72 Å². The first-order valence-electron chi connectivity index (χ1n) is 9.07. The Kier molecular flexibility index (Phi) is 6.44. The predicted octanol–water partition coefficient (Wildman–Crippen LogP) is 4.00. The van der Waals surface area contributed by atoms with Gasteiger partial charge in [-0.3, -0.25) is 19.8 Å². The number of carbonyl (C=O) groups is 1. The Hall–Kier alpha value is -2.70. The molecule has 0 atom stereocenters. The lowest BCUT2D eigenvalue weighted by Crippen LogP contribution is -2.40. The van der Waals surface area contributed by atoms with Crippen molar-refractivity contribution in [2.45, 2.75) is 13.0 Å². The number of hydrogen-bond acceptors (Lipinski definition) is 4. The van der Waals surface area contributed by atoms with Gasteiger partial charge < -0.3 is 4.90 Å². The van der Waals surface area contributed by atoms with Crippen LogP contribution in [0.1, 0.15) is 17.5 Å². The first kappa shape index (κ1) is 20.0. The Bertz CT molecular complexity index is 899. The highest BCUT2D eigenvalue weighted by Gasteiger charge is 2.20. The number of benzene rings is 2. The standard InChI is InChI=1S/C21H22ClN3O3/c1-23(14-18-13-19(25(27)28)7-8-20(18)22)15-21(26)24-11-9-17(10-12-24)16-5-3-2-4-6-16/h2-9,13H,10-12,14-15H2,1H3. The van der Waals surface area contributed by atoms with Gasteiger partial charge in [0.25, 0.3) is 5.69 Å². The van der Waals surface area contributed by atoms with Crippen LogP contribution in [0.3, 0.4) is 0 Å². The average molecular weight is 400 g/mol. The minimum atomic E-state index is -0.449. The van der Waals surface area contributed by atoms with Gasteiger partial charge in [0.05, 0.1) is 11.5 Å². The van der Waals surface area contributed by atoms with E-state index in [1.807, 2.05) is 35.0 Å². The fraction of sp³-hybridized carbons (Fsp3) is 0.286. The van der Waals surface area contributed by atoms with E-state index in [0.29, 0.717) is 30.2 Å². The Morgan fingerprint density at radius 3 is 2.64 bits per heavy atom. The Labute approximate surface area is 169 Å². The van der Waals surface area contributed by atoms with Crippen LogP contribution < -0.4 is 0 Å². The van der Waals surface area contributed by atoms with Crippen LogP contribution in [-0.2, 0) is 11.3 Å². The highest BCUT2D eigenvalue weighted by Crippen LogP contribution is 2.24. The van der Waals surface area contributed by atoms with E-state index in [2.05, 4.69) is 18.2 Å². The summed E-state index contributed by atoms with van der Waals surface area (Å²) in [6.45, 7) is 1.87. The summed E-state index contributed by atoms with van der Waals surface area (Å²) >= 11 is 6.15. The monoisotopic (exact) mass is 399 g/mol. The lowest BCUT2D eigenvalue weighted by Gasteiger charge is -2.28. The van der Waals surface area contributed by atoms with Crippen LogP contribution in [0.15, 0.2) is 54.6 Å². The van der Waals surface area contributed by atoms with Gasteiger partial charge in [-0.05, 0) is 36.2 Å². The molecule has 0 aliphatic carbocycles. The predicted molar refractivity (Wildman–Crippen MR) is 110 cm³/mol. The second kappa shape index (κ2) is 8.99. The van der Waals surface area contributed by atoms with Gasteiger partial charge >= 0.3 is 0 Å². The van der Waals surface area contributed by atoms with Crippen LogP contribution in [0.25, 0.3) is 5.57 Å². The molecule has 6 nitrogen and oxygen atoms in total. The van der Waals surface area contributed by atoms with Crippen LogP contribution in [0.2, 0.25) is 5.02 Å². The number of halogens is 1. The van der Waals surface area contributed by atoms with Crippen molar-refractivity contribution in [3.05, 3.63) is 80.9 Å². The van der Waals surface area contributed by atoms with E-state index >= 15 is 0 Å². The van der Waals surface area contributed by atoms with E-state index in [9.17, 15) is 14.9 Å². The molecule has 3 rings (SSSR count). The third-order valence-electron chi connectivity index (χ3n) is 4.79. The fourth-order valence-electron chi connectivity index (χ4n) is 3.28. The average Bonchev–Trinajstić information content (AvgIpc) is 2.70. The van der Waals surface area contributed by atoms with Gasteiger partial charge in [-0.1, -0.05) is 48.0 Å². The minimum absolute atomic E-state index is 0.00580. The molecule has 1 heterocycles. The van der Waals surface area contributed by atoms with Crippen LogP contribution in [-0.4, -0.2) is 47.3 Å². The normalized spacial score (nSPS) is 14.1. The lowest BCUT2D eigenvalue weighted by molar-refractivity contribution is -0.384. The van der Waals surface area contributed by atoms with Gasteiger partial charge in [0.15, 0.2) is 0 Å². The molecular weight excluding hydrogens is 378 g/mol. The first-order valence-corrected chi connectivity index (χ1v) is 9.45. The Morgan fingerprint density at radius 1 is 1.25 bits per heavy atom. The maximum absolute atomic E-state index is 12.6. The van der Waals surface area contributed by atoms with E-state index in [-0.39, 0.29) is 18.1 Å². The zero-order valence-electron chi connectivity index (χ0n) is 15.7. The highest BCUT2D eigenvalue weighted by atomic mass is 35.5. The molecule has 28 heavy (non-hydrogen) atoms. The molecule has 0 aromatic heterocycles. The lowest BCUT2D eigenvalue weighted by atomic mass is 9.99. The summed E-state index contributed by atoms with van der Waals surface area (Å²) in [4.78, 5) is 26.8. The molecule has 0 saturated carbocycles. The molecule has 1 amide bonds. The third kappa shape index (κ3) is 4.97. The van der Waals surface area contributed by atoms with Gasteiger partial charge in [-0.25, -0.2) is 0 Å².